The molecule has 130 valence electrons. The molecule has 1 saturated heterocycles. The number of benzene rings is 1. The highest BCUT2D eigenvalue weighted by Gasteiger charge is 2.24. The fourth-order valence-electron chi connectivity index (χ4n) is 2.67. The molecule has 2 aromatic heterocycles. The van der Waals surface area contributed by atoms with Crippen LogP contribution in [0.4, 0.5) is 10.2 Å². The number of nitrogens with zero attached hydrogens (tertiary/aromatic N) is 4. The molecular formula is C16H16FN5O3. The van der Waals surface area contributed by atoms with Crippen LogP contribution in [0.2, 0.25) is 0 Å². The molecule has 0 aliphatic carbocycles. The number of imidazole rings is 1. The number of ether oxygens (including phenoxy) is 2. The standard InChI is InChI=1S/C16H16FN5O3/c1-24-10-3-2-9(11(23)6-10)7-18-14-13-15(21-16(17)20-14)22(8-19-13)12-4-5-25-12/h2-3,6,8,12,23H,4-5,7H2,1H3,(H,18,20,21). The van der Waals surface area contributed by atoms with E-state index in [1.807, 2.05) is 0 Å². The molecule has 0 saturated carbocycles. The maximum Gasteiger partial charge on any atom is 0.312 e. The molecular weight excluding hydrogens is 329 g/mol. The van der Waals surface area contributed by atoms with Crippen molar-refractivity contribution in [1.82, 2.24) is 19.5 Å². The van der Waals surface area contributed by atoms with Gasteiger partial charge < -0.3 is 19.9 Å². The summed E-state index contributed by atoms with van der Waals surface area (Å²) in [5.74, 6) is 0.887. The van der Waals surface area contributed by atoms with Gasteiger partial charge in [0.25, 0.3) is 0 Å². The summed E-state index contributed by atoms with van der Waals surface area (Å²) in [6.07, 6.45) is 1.38. The van der Waals surface area contributed by atoms with E-state index in [-0.39, 0.29) is 24.3 Å². The Morgan fingerprint density at radius 3 is 2.96 bits per heavy atom. The average Bonchev–Trinajstić information content (AvgIpc) is 2.95. The van der Waals surface area contributed by atoms with Crippen LogP contribution in [-0.4, -0.2) is 38.3 Å². The van der Waals surface area contributed by atoms with Crippen LogP contribution in [0.1, 0.15) is 18.2 Å². The highest BCUT2D eigenvalue weighted by molar-refractivity contribution is 5.82. The smallest absolute Gasteiger partial charge is 0.312 e. The summed E-state index contributed by atoms with van der Waals surface area (Å²) in [5.41, 5.74) is 1.44. The highest BCUT2D eigenvalue weighted by Crippen LogP contribution is 2.29. The van der Waals surface area contributed by atoms with Gasteiger partial charge in [0.05, 0.1) is 20.0 Å². The largest absolute Gasteiger partial charge is 0.507 e. The highest BCUT2D eigenvalue weighted by atomic mass is 19.1. The van der Waals surface area contributed by atoms with Gasteiger partial charge >= 0.3 is 6.08 Å². The monoisotopic (exact) mass is 345 g/mol. The molecule has 1 unspecified atom stereocenters. The van der Waals surface area contributed by atoms with Crippen molar-refractivity contribution in [3.63, 3.8) is 0 Å². The molecule has 3 heterocycles. The van der Waals surface area contributed by atoms with Crippen LogP contribution in [0.25, 0.3) is 11.2 Å². The van der Waals surface area contributed by atoms with E-state index in [4.69, 9.17) is 9.47 Å². The van der Waals surface area contributed by atoms with Gasteiger partial charge in [-0.1, -0.05) is 0 Å². The summed E-state index contributed by atoms with van der Waals surface area (Å²) in [6, 6.07) is 4.96. The van der Waals surface area contributed by atoms with Crippen molar-refractivity contribution in [3.8, 4) is 11.5 Å². The molecule has 1 atom stereocenters. The Bertz CT molecular complexity index is 926. The molecule has 1 aromatic carbocycles. The molecule has 1 aliphatic heterocycles. The summed E-state index contributed by atoms with van der Waals surface area (Å²) in [5, 5.41) is 13.0. The van der Waals surface area contributed by atoms with Gasteiger partial charge in [-0.15, -0.1) is 0 Å². The number of fused-ring (bicyclic) bond motifs is 1. The van der Waals surface area contributed by atoms with E-state index in [1.54, 1.807) is 23.0 Å². The summed E-state index contributed by atoms with van der Waals surface area (Å²) < 4.78 is 26.0. The number of rotatable bonds is 5. The van der Waals surface area contributed by atoms with Crippen molar-refractivity contribution in [2.75, 3.05) is 19.0 Å². The van der Waals surface area contributed by atoms with Gasteiger partial charge in [0.15, 0.2) is 17.0 Å². The van der Waals surface area contributed by atoms with E-state index in [0.717, 1.165) is 6.42 Å². The van der Waals surface area contributed by atoms with Gasteiger partial charge in [-0.05, 0) is 12.1 Å². The summed E-state index contributed by atoms with van der Waals surface area (Å²) >= 11 is 0. The zero-order valence-electron chi connectivity index (χ0n) is 13.4. The fourth-order valence-corrected chi connectivity index (χ4v) is 2.67. The second-order valence-electron chi connectivity index (χ2n) is 5.63. The van der Waals surface area contributed by atoms with Crippen molar-refractivity contribution in [3.05, 3.63) is 36.2 Å². The number of phenolic OH excluding ortho intramolecular Hbond substituents is 1. The molecule has 3 aromatic rings. The van der Waals surface area contributed by atoms with E-state index in [1.165, 1.54) is 13.2 Å². The minimum absolute atomic E-state index is 0.0750. The minimum Gasteiger partial charge on any atom is -0.507 e. The number of nitrogens with one attached hydrogen (secondary N) is 1. The zero-order chi connectivity index (χ0) is 17.4. The number of anilines is 1. The van der Waals surface area contributed by atoms with E-state index >= 15 is 0 Å². The summed E-state index contributed by atoms with van der Waals surface area (Å²) in [6.45, 7) is 0.911. The molecule has 1 fully saturated rings. The SMILES string of the molecule is COc1ccc(CNc2nc(F)nc3c2ncn3C2CCO2)c(O)c1. The van der Waals surface area contributed by atoms with Crippen LogP contribution in [-0.2, 0) is 11.3 Å². The van der Waals surface area contributed by atoms with E-state index < -0.39 is 6.08 Å². The molecule has 1 aliphatic rings. The number of hydrogen-bond acceptors (Lipinski definition) is 7. The molecule has 0 radical (unpaired) electrons. The third-order valence-corrected chi connectivity index (χ3v) is 4.12. The first kappa shape index (κ1) is 15.6. The molecule has 8 nitrogen and oxygen atoms in total. The van der Waals surface area contributed by atoms with E-state index in [9.17, 15) is 9.50 Å². The number of methoxy groups -OCH3 is 1. The lowest BCUT2D eigenvalue weighted by Gasteiger charge is -2.27. The number of hydrogen-bond donors (Lipinski definition) is 2. The lowest BCUT2D eigenvalue weighted by Crippen LogP contribution is -2.24. The van der Waals surface area contributed by atoms with E-state index in [0.29, 0.717) is 29.1 Å². The lowest BCUT2D eigenvalue weighted by molar-refractivity contribution is -0.0974. The first-order valence-electron chi connectivity index (χ1n) is 7.77. The van der Waals surface area contributed by atoms with E-state index in [2.05, 4.69) is 20.3 Å². The number of aromatic nitrogens is 4. The topological polar surface area (TPSA) is 94.3 Å². The molecule has 0 amide bonds. The summed E-state index contributed by atoms with van der Waals surface area (Å²) in [7, 11) is 1.52. The third kappa shape index (κ3) is 2.82. The summed E-state index contributed by atoms with van der Waals surface area (Å²) in [4.78, 5) is 11.9. The van der Waals surface area contributed by atoms with Crippen molar-refractivity contribution >= 4 is 17.0 Å². The zero-order valence-corrected chi connectivity index (χ0v) is 13.4. The average molecular weight is 345 g/mol. The molecule has 25 heavy (non-hydrogen) atoms. The Labute approximate surface area is 142 Å². The second kappa shape index (κ2) is 6.17. The third-order valence-electron chi connectivity index (χ3n) is 4.12. The number of halogens is 1. The van der Waals surface area contributed by atoms with Crippen LogP contribution in [0, 0.1) is 6.08 Å². The van der Waals surface area contributed by atoms with Crippen molar-refractivity contribution in [1.29, 1.82) is 0 Å². The quantitative estimate of drug-likeness (QED) is 0.685. The van der Waals surface area contributed by atoms with Gasteiger partial charge in [0.2, 0.25) is 0 Å². The predicted octanol–water partition coefficient (Wildman–Crippen LogP) is 2.21. The Balaban J connectivity index is 1.62. The normalized spacial score (nSPS) is 16.6. The molecule has 2 N–H and O–H groups in total. The molecule has 9 heteroatoms. The van der Waals surface area contributed by atoms with Crippen molar-refractivity contribution in [2.45, 2.75) is 19.2 Å². The fraction of sp³-hybridized carbons (Fsp3) is 0.312. The van der Waals surface area contributed by atoms with Gasteiger partial charge in [-0.25, -0.2) is 4.98 Å². The van der Waals surface area contributed by atoms with Gasteiger partial charge in [-0.2, -0.15) is 14.4 Å². The molecule has 4 rings (SSSR count). The van der Waals surface area contributed by atoms with Crippen LogP contribution in [0.3, 0.4) is 0 Å². The molecule has 0 spiro atoms. The Hall–Kier alpha value is -2.94. The van der Waals surface area contributed by atoms with Crippen LogP contribution in [0.5, 0.6) is 11.5 Å². The maximum absolute atomic E-state index is 13.8. The lowest BCUT2D eigenvalue weighted by atomic mass is 10.2. The second-order valence-corrected chi connectivity index (χ2v) is 5.63. The number of phenols is 1. The van der Waals surface area contributed by atoms with Gasteiger partial charge in [-0.3, -0.25) is 4.57 Å². The number of aromatic hydroxyl groups is 1. The van der Waals surface area contributed by atoms with Crippen molar-refractivity contribution < 1.29 is 19.0 Å². The van der Waals surface area contributed by atoms with Gasteiger partial charge in [0.1, 0.15) is 17.7 Å². The van der Waals surface area contributed by atoms with Gasteiger partial charge in [0, 0.05) is 24.6 Å². The first-order chi connectivity index (χ1) is 12.2. The first-order valence-corrected chi connectivity index (χ1v) is 7.77. The Morgan fingerprint density at radius 2 is 2.28 bits per heavy atom. The van der Waals surface area contributed by atoms with Crippen LogP contribution in [0.15, 0.2) is 24.5 Å². The van der Waals surface area contributed by atoms with Crippen molar-refractivity contribution in [2.24, 2.45) is 0 Å². The minimum atomic E-state index is -0.852. The van der Waals surface area contributed by atoms with Crippen LogP contribution >= 0.6 is 0 Å². The predicted molar refractivity (Wildman–Crippen MR) is 86.9 cm³/mol. The maximum atomic E-state index is 13.8. The molecule has 0 bridgehead atoms. The Morgan fingerprint density at radius 1 is 1.44 bits per heavy atom. The van der Waals surface area contributed by atoms with Crippen LogP contribution < -0.4 is 10.1 Å². The Kier molecular flexibility index (Phi) is 3.85.